The van der Waals surface area contributed by atoms with E-state index < -0.39 is 0 Å². The number of aromatic nitrogens is 2. The lowest BCUT2D eigenvalue weighted by Gasteiger charge is -2.10. The fourth-order valence-electron chi connectivity index (χ4n) is 2.87. The first kappa shape index (κ1) is 12.2. The number of fused-ring (bicyclic) bond motifs is 1. The molecule has 0 N–H and O–H groups in total. The molecule has 0 spiro atoms. The van der Waals surface area contributed by atoms with Gasteiger partial charge in [0.1, 0.15) is 0 Å². The largest absolute Gasteiger partial charge is 0.461 e. The lowest BCUT2D eigenvalue weighted by Crippen LogP contribution is -2.10. The predicted molar refractivity (Wildman–Crippen MR) is 73.2 cm³/mol. The Bertz CT molecular complexity index is 597. The summed E-state index contributed by atoms with van der Waals surface area (Å²) in [6.45, 7) is 2.19. The Balaban J connectivity index is 2.10. The lowest BCUT2D eigenvalue weighted by molar-refractivity contribution is 0.0520. The number of benzene rings is 1. The molecule has 2 aromatic rings. The second-order valence-corrected chi connectivity index (χ2v) is 4.97. The van der Waals surface area contributed by atoms with Crippen molar-refractivity contribution in [3.63, 3.8) is 0 Å². The van der Waals surface area contributed by atoms with Gasteiger partial charge in [-0.25, -0.2) is 4.79 Å². The third kappa shape index (κ3) is 2.11. The molecule has 0 bridgehead atoms. The van der Waals surface area contributed by atoms with Crippen LogP contribution in [0.4, 0.5) is 0 Å². The summed E-state index contributed by atoms with van der Waals surface area (Å²) < 4.78 is 7.12. The molecule has 1 aromatic carbocycles. The molecular weight excluding hydrogens is 240 g/mol. The van der Waals surface area contributed by atoms with Crippen LogP contribution in [0.15, 0.2) is 24.3 Å². The molecule has 1 aliphatic carbocycles. The highest BCUT2D eigenvalue weighted by Gasteiger charge is 2.24. The average molecular weight is 258 g/mol. The summed E-state index contributed by atoms with van der Waals surface area (Å²) in [4.78, 5) is 12.0. The van der Waals surface area contributed by atoms with Gasteiger partial charge in [-0.3, -0.25) is 4.68 Å². The number of hydrogen-bond acceptors (Lipinski definition) is 3. The van der Waals surface area contributed by atoms with Crippen molar-refractivity contribution in [3.8, 4) is 0 Å². The quantitative estimate of drug-likeness (QED) is 0.793. The van der Waals surface area contributed by atoms with E-state index in [1.54, 1.807) is 0 Å². The number of esters is 1. The minimum absolute atomic E-state index is 0.324. The van der Waals surface area contributed by atoms with Gasteiger partial charge in [-0.05, 0) is 25.8 Å². The molecule has 1 heterocycles. The van der Waals surface area contributed by atoms with E-state index in [9.17, 15) is 4.79 Å². The van der Waals surface area contributed by atoms with Crippen LogP contribution in [0.5, 0.6) is 0 Å². The second kappa shape index (κ2) is 5.03. The molecule has 0 unspecified atom stereocenters. The molecule has 1 fully saturated rings. The average Bonchev–Trinajstić information content (AvgIpc) is 3.06. The van der Waals surface area contributed by atoms with E-state index in [2.05, 4.69) is 5.10 Å². The molecule has 0 atom stereocenters. The summed E-state index contributed by atoms with van der Waals surface area (Å²) in [6.07, 6.45) is 4.78. The molecular formula is C15H18N2O2. The van der Waals surface area contributed by atoms with Crippen LogP contribution >= 0.6 is 0 Å². The first-order chi connectivity index (χ1) is 9.31. The number of nitrogens with zero attached hydrogens (tertiary/aromatic N) is 2. The fourth-order valence-corrected chi connectivity index (χ4v) is 2.87. The molecule has 0 aliphatic heterocycles. The number of ether oxygens (including phenoxy) is 1. The third-order valence-corrected chi connectivity index (χ3v) is 3.75. The van der Waals surface area contributed by atoms with Gasteiger partial charge in [0.15, 0.2) is 5.69 Å². The first-order valence-electron chi connectivity index (χ1n) is 6.95. The molecule has 0 saturated heterocycles. The maximum Gasteiger partial charge on any atom is 0.359 e. The number of carbonyl (C=O) groups excluding carboxylic acids is 1. The summed E-state index contributed by atoms with van der Waals surface area (Å²) in [5, 5.41) is 5.43. The lowest BCUT2D eigenvalue weighted by atomic mass is 10.2. The van der Waals surface area contributed by atoms with Crippen LogP contribution in [-0.4, -0.2) is 22.4 Å². The maximum absolute atomic E-state index is 12.0. The van der Waals surface area contributed by atoms with Gasteiger partial charge >= 0.3 is 5.97 Å². The minimum atomic E-state index is -0.324. The standard InChI is InChI=1S/C15H18N2O2/c1-2-19-15(18)14-12-9-5-6-10-13(12)17(16-14)11-7-3-4-8-11/h5-6,9-11H,2-4,7-8H2,1H3. The van der Waals surface area contributed by atoms with Crippen molar-refractivity contribution in [1.29, 1.82) is 0 Å². The Morgan fingerprint density at radius 2 is 2.11 bits per heavy atom. The molecule has 4 nitrogen and oxygen atoms in total. The van der Waals surface area contributed by atoms with Crippen LogP contribution in [0.1, 0.15) is 49.1 Å². The molecule has 3 rings (SSSR count). The first-order valence-corrected chi connectivity index (χ1v) is 6.95. The van der Waals surface area contributed by atoms with Crippen LogP contribution in [0, 0.1) is 0 Å². The van der Waals surface area contributed by atoms with Gasteiger partial charge in [0, 0.05) is 5.39 Å². The minimum Gasteiger partial charge on any atom is -0.461 e. The van der Waals surface area contributed by atoms with Crippen molar-refractivity contribution in [3.05, 3.63) is 30.0 Å². The van der Waals surface area contributed by atoms with Crippen LogP contribution in [0.25, 0.3) is 10.9 Å². The van der Waals surface area contributed by atoms with E-state index in [-0.39, 0.29) is 5.97 Å². The summed E-state index contributed by atoms with van der Waals surface area (Å²) >= 11 is 0. The topological polar surface area (TPSA) is 44.1 Å². The van der Waals surface area contributed by atoms with Crippen LogP contribution in [0.2, 0.25) is 0 Å². The molecule has 0 amide bonds. The van der Waals surface area contributed by atoms with Gasteiger partial charge < -0.3 is 4.74 Å². The summed E-state index contributed by atoms with van der Waals surface area (Å²) in [5.74, 6) is -0.324. The number of rotatable bonds is 3. The summed E-state index contributed by atoms with van der Waals surface area (Å²) in [6, 6.07) is 8.33. The normalized spacial score (nSPS) is 16.1. The van der Waals surface area contributed by atoms with Crippen molar-refractivity contribution >= 4 is 16.9 Å². The van der Waals surface area contributed by atoms with Gasteiger partial charge in [-0.15, -0.1) is 0 Å². The third-order valence-electron chi connectivity index (χ3n) is 3.75. The van der Waals surface area contributed by atoms with E-state index in [1.807, 2.05) is 35.9 Å². The smallest absolute Gasteiger partial charge is 0.359 e. The van der Waals surface area contributed by atoms with Gasteiger partial charge in [-0.1, -0.05) is 31.0 Å². The zero-order chi connectivity index (χ0) is 13.2. The molecule has 1 aromatic heterocycles. The maximum atomic E-state index is 12.0. The Kier molecular flexibility index (Phi) is 3.23. The number of carbonyl (C=O) groups is 1. The monoisotopic (exact) mass is 258 g/mol. The molecule has 4 heteroatoms. The molecule has 100 valence electrons. The van der Waals surface area contributed by atoms with Gasteiger partial charge in [0.25, 0.3) is 0 Å². The highest BCUT2D eigenvalue weighted by molar-refractivity contribution is 6.02. The Morgan fingerprint density at radius 1 is 1.37 bits per heavy atom. The Morgan fingerprint density at radius 3 is 2.84 bits per heavy atom. The number of hydrogen-bond donors (Lipinski definition) is 0. The summed E-state index contributed by atoms with van der Waals surface area (Å²) in [5.41, 5.74) is 1.49. The fraction of sp³-hybridized carbons (Fsp3) is 0.467. The zero-order valence-corrected chi connectivity index (χ0v) is 11.1. The van der Waals surface area contributed by atoms with E-state index in [0.717, 1.165) is 23.7 Å². The highest BCUT2D eigenvalue weighted by atomic mass is 16.5. The Hall–Kier alpha value is -1.84. The van der Waals surface area contributed by atoms with Crippen molar-refractivity contribution in [2.45, 2.75) is 38.6 Å². The van der Waals surface area contributed by atoms with Crippen molar-refractivity contribution in [2.24, 2.45) is 0 Å². The van der Waals surface area contributed by atoms with Gasteiger partial charge in [0.2, 0.25) is 0 Å². The van der Waals surface area contributed by atoms with E-state index >= 15 is 0 Å². The predicted octanol–water partition coefficient (Wildman–Crippen LogP) is 3.33. The second-order valence-electron chi connectivity index (χ2n) is 4.97. The molecule has 1 aliphatic rings. The number of para-hydroxylation sites is 1. The van der Waals surface area contributed by atoms with Crippen molar-refractivity contribution in [1.82, 2.24) is 9.78 Å². The SMILES string of the molecule is CCOC(=O)c1nn(C2CCCC2)c2ccccc12. The van der Waals surface area contributed by atoms with Crippen LogP contribution in [0.3, 0.4) is 0 Å². The van der Waals surface area contributed by atoms with E-state index in [4.69, 9.17) is 4.74 Å². The molecule has 19 heavy (non-hydrogen) atoms. The van der Waals surface area contributed by atoms with E-state index in [1.165, 1.54) is 12.8 Å². The van der Waals surface area contributed by atoms with Crippen molar-refractivity contribution in [2.75, 3.05) is 6.61 Å². The van der Waals surface area contributed by atoms with Crippen molar-refractivity contribution < 1.29 is 9.53 Å². The van der Waals surface area contributed by atoms with Crippen LogP contribution in [-0.2, 0) is 4.74 Å². The summed E-state index contributed by atoms with van der Waals surface area (Å²) in [7, 11) is 0. The van der Waals surface area contributed by atoms with Crippen LogP contribution < -0.4 is 0 Å². The molecule has 1 saturated carbocycles. The molecule has 0 radical (unpaired) electrons. The van der Waals surface area contributed by atoms with Gasteiger partial charge in [-0.2, -0.15) is 5.10 Å². The van der Waals surface area contributed by atoms with Gasteiger partial charge in [0.05, 0.1) is 18.2 Å². The van der Waals surface area contributed by atoms with E-state index in [0.29, 0.717) is 18.3 Å². The highest BCUT2D eigenvalue weighted by Crippen LogP contribution is 2.32. The zero-order valence-electron chi connectivity index (χ0n) is 11.1. The Labute approximate surface area is 112 Å².